The van der Waals surface area contributed by atoms with Crippen molar-refractivity contribution in [2.75, 3.05) is 20.3 Å². The van der Waals surface area contributed by atoms with E-state index in [1.165, 1.54) is 12.0 Å². The van der Waals surface area contributed by atoms with Crippen LogP contribution in [0.25, 0.3) is 0 Å². The van der Waals surface area contributed by atoms with Gasteiger partial charge in [-0.05, 0) is 44.4 Å². The lowest BCUT2D eigenvalue weighted by atomic mass is 10.2. The molecule has 0 amide bonds. The normalized spacial score (nSPS) is 18.5. The molecule has 0 saturated carbocycles. The van der Waals surface area contributed by atoms with Crippen molar-refractivity contribution in [1.82, 2.24) is 5.32 Å². The van der Waals surface area contributed by atoms with Crippen molar-refractivity contribution in [2.24, 2.45) is 0 Å². The fourth-order valence-corrected chi connectivity index (χ4v) is 2.36. The van der Waals surface area contributed by atoms with Gasteiger partial charge in [-0.1, -0.05) is 6.07 Å². The van der Waals surface area contributed by atoms with Crippen molar-refractivity contribution in [2.45, 2.75) is 45.4 Å². The molecule has 0 radical (unpaired) electrons. The second-order valence-corrected chi connectivity index (χ2v) is 5.42. The molecule has 0 aliphatic carbocycles. The molecule has 1 aromatic carbocycles. The van der Waals surface area contributed by atoms with E-state index in [4.69, 9.17) is 14.2 Å². The zero-order chi connectivity index (χ0) is 14.4. The van der Waals surface area contributed by atoms with Crippen LogP contribution in [-0.2, 0) is 11.3 Å². The van der Waals surface area contributed by atoms with Crippen LogP contribution in [0.4, 0.5) is 0 Å². The third-order valence-electron chi connectivity index (χ3n) is 3.32. The van der Waals surface area contributed by atoms with E-state index in [9.17, 15) is 0 Å². The Bertz CT molecular complexity index is 414. The molecule has 0 spiro atoms. The molecule has 1 fully saturated rings. The van der Waals surface area contributed by atoms with E-state index >= 15 is 0 Å². The number of methoxy groups -OCH3 is 1. The first-order valence-electron chi connectivity index (χ1n) is 7.35. The maximum atomic E-state index is 5.71. The number of ether oxygens (including phenoxy) is 3. The van der Waals surface area contributed by atoms with Crippen LogP contribution in [0.5, 0.6) is 11.5 Å². The minimum absolute atomic E-state index is 0.146. The minimum atomic E-state index is 0.146. The molecule has 1 N–H and O–H groups in total. The van der Waals surface area contributed by atoms with Gasteiger partial charge >= 0.3 is 0 Å². The Hall–Kier alpha value is -1.26. The second kappa shape index (κ2) is 7.50. The Balaban J connectivity index is 1.87. The summed E-state index contributed by atoms with van der Waals surface area (Å²) >= 11 is 0. The van der Waals surface area contributed by atoms with Crippen LogP contribution in [-0.4, -0.2) is 32.5 Å². The van der Waals surface area contributed by atoms with Crippen LogP contribution < -0.4 is 14.8 Å². The van der Waals surface area contributed by atoms with E-state index in [0.717, 1.165) is 37.6 Å². The van der Waals surface area contributed by atoms with Crippen LogP contribution in [0.1, 0.15) is 32.3 Å². The molecule has 20 heavy (non-hydrogen) atoms. The van der Waals surface area contributed by atoms with Crippen molar-refractivity contribution in [3.05, 3.63) is 23.8 Å². The topological polar surface area (TPSA) is 39.7 Å². The van der Waals surface area contributed by atoms with Gasteiger partial charge in [-0.15, -0.1) is 0 Å². The summed E-state index contributed by atoms with van der Waals surface area (Å²) in [4.78, 5) is 0. The third kappa shape index (κ3) is 4.39. The van der Waals surface area contributed by atoms with Crippen molar-refractivity contribution in [1.29, 1.82) is 0 Å². The highest BCUT2D eigenvalue weighted by molar-refractivity contribution is 5.43. The maximum absolute atomic E-state index is 5.71. The minimum Gasteiger partial charge on any atom is -0.493 e. The molecule has 1 aliphatic heterocycles. The average molecular weight is 279 g/mol. The molecule has 1 saturated heterocycles. The van der Waals surface area contributed by atoms with Crippen LogP contribution in [0, 0.1) is 0 Å². The first-order chi connectivity index (χ1) is 9.69. The molecule has 4 nitrogen and oxygen atoms in total. The van der Waals surface area contributed by atoms with Gasteiger partial charge in [0.2, 0.25) is 0 Å². The second-order valence-electron chi connectivity index (χ2n) is 5.42. The molecule has 1 aliphatic rings. The summed E-state index contributed by atoms with van der Waals surface area (Å²) < 4.78 is 16.7. The first kappa shape index (κ1) is 15.1. The predicted molar refractivity (Wildman–Crippen MR) is 79.4 cm³/mol. The molecule has 1 aromatic rings. The summed E-state index contributed by atoms with van der Waals surface area (Å²) in [7, 11) is 1.67. The highest BCUT2D eigenvalue weighted by Gasteiger charge is 2.14. The Labute approximate surface area is 121 Å². The summed E-state index contributed by atoms with van der Waals surface area (Å²) in [6.07, 6.45) is 2.87. The smallest absolute Gasteiger partial charge is 0.161 e. The largest absolute Gasteiger partial charge is 0.493 e. The Morgan fingerprint density at radius 2 is 2.20 bits per heavy atom. The Morgan fingerprint density at radius 1 is 1.35 bits per heavy atom. The highest BCUT2D eigenvalue weighted by atomic mass is 16.5. The third-order valence-corrected chi connectivity index (χ3v) is 3.32. The predicted octanol–water partition coefficient (Wildman–Crippen LogP) is 2.75. The maximum Gasteiger partial charge on any atom is 0.161 e. The number of benzene rings is 1. The lowest BCUT2D eigenvalue weighted by Crippen LogP contribution is -2.25. The van der Waals surface area contributed by atoms with Crippen molar-refractivity contribution < 1.29 is 14.2 Å². The van der Waals surface area contributed by atoms with E-state index in [-0.39, 0.29) is 6.10 Å². The summed E-state index contributed by atoms with van der Waals surface area (Å²) in [5.74, 6) is 1.58. The van der Waals surface area contributed by atoms with Crippen LogP contribution in [0.3, 0.4) is 0 Å². The molecule has 0 bridgehead atoms. The zero-order valence-electron chi connectivity index (χ0n) is 12.6. The Morgan fingerprint density at radius 3 is 2.85 bits per heavy atom. The number of hydrogen-bond acceptors (Lipinski definition) is 4. The van der Waals surface area contributed by atoms with Gasteiger partial charge in [0, 0.05) is 19.7 Å². The molecule has 4 heteroatoms. The summed E-state index contributed by atoms with van der Waals surface area (Å²) in [5.41, 5.74) is 1.19. The number of nitrogens with one attached hydrogen (secondary N) is 1. The van der Waals surface area contributed by atoms with Crippen LogP contribution in [0.15, 0.2) is 18.2 Å². The van der Waals surface area contributed by atoms with Crippen LogP contribution >= 0.6 is 0 Å². The molecule has 2 rings (SSSR count). The number of rotatable bonds is 7. The highest BCUT2D eigenvalue weighted by Crippen LogP contribution is 2.28. The summed E-state index contributed by atoms with van der Waals surface area (Å²) in [6, 6.07) is 6.07. The SMILES string of the molecule is COc1cc(CNC[C@@H]2CCCO2)ccc1OC(C)C. The monoisotopic (exact) mass is 279 g/mol. The Kier molecular flexibility index (Phi) is 5.68. The van der Waals surface area contributed by atoms with Gasteiger partial charge in [0.05, 0.1) is 19.3 Å². The fourth-order valence-electron chi connectivity index (χ4n) is 2.36. The zero-order valence-corrected chi connectivity index (χ0v) is 12.6. The van der Waals surface area contributed by atoms with Gasteiger partial charge in [-0.2, -0.15) is 0 Å². The van der Waals surface area contributed by atoms with E-state index in [1.54, 1.807) is 7.11 Å². The molecule has 0 aromatic heterocycles. The van der Waals surface area contributed by atoms with Gasteiger partial charge < -0.3 is 19.5 Å². The van der Waals surface area contributed by atoms with Crippen LogP contribution in [0.2, 0.25) is 0 Å². The lowest BCUT2D eigenvalue weighted by molar-refractivity contribution is 0.110. The first-order valence-corrected chi connectivity index (χ1v) is 7.35. The fraction of sp³-hybridized carbons (Fsp3) is 0.625. The van der Waals surface area contributed by atoms with Gasteiger partial charge in [0.1, 0.15) is 0 Å². The molecule has 1 atom stereocenters. The van der Waals surface area contributed by atoms with Gasteiger partial charge in [0.25, 0.3) is 0 Å². The molecular formula is C16H25NO3. The summed E-state index contributed by atoms with van der Waals surface area (Å²) in [5, 5.41) is 3.43. The average Bonchev–Trinajstić information content (AvgIpc) is 2.93. The van der Waals surface area contributed by atoms with Crippen molar-refractivity contribution >= 4 is 0 Å². The lowest BCUT2D eigenvalue weighted by Gasteiger charge is -2.15. The van der Waals surface area contributed by atoms with Gasteiger partial charge in [0.15, 0.2) is 11.5 Å². The standard InChI is InChI=1S/C16H25NO3/c1-12(2)20-15-7-6-13(9-16(15)18-3)10-17-11-14-5-4-8-19-14/h6-7,9,12,14,17H,4-5,8,10-11H2,1-3H3/t14-/m0/s1. The molecule has 112 valence electrons. The molecule has 1 heterocycles. The van der Waals surface area contributed by atoms with Gasteiger partial charge in [-0.25, -0.2) is 0 Å². The van der Waals surface area contributed by atoms with E-state index in [1.807, 2.05) is 26.0 Å². The van der Waals surface area contributed by atoms with Crippen molar-refractivity contribution in [3.63, 3.8) is 0 Å². The van der Waals surface area contributed by atoms with E-state index in [0.29, 0.717) is 6.10 Å². The van der Waals surface area contributed by atoms with Crippen molar-refractivity contribution in [3.8, 4) is 11.5 Å². The summed E-state index contributed by atoms with van der Waals surface area (Å²) in [6.45, 7) is 6.65. The number of hydrogen-bond donors (Lipinski definition) is 1. The van der Waals surface area contributed by atoms with E-state index < -0.39 is 0 Å². The van der Waals surface area contributed by atoms with Gasteiger partial charge in [-0.3, -0.25) is 0 Å². The molecular weight excluding hydrogens is 254 g/mol. The molecule has 0 unspecified atom stereocenters. The van der Waals surface area contributed by atoms with E-state index in [2.05, 4.69) is 11.4 Å². The quantitative estimate of drug-likeness (QED) is 0.833.